The molecule has 0 aliphatic heterocycles. The summed E-state index contributed by atoms with van der Waals surface area (Å²) in [5.74, 6) is -1.34. The molecule has 5 nitrogen and oxygen atoms in total. The number of hydrogen-bond donors (Lipinski definition) is 3. The molecule has 1 rings (SSSR count). The zero-order valence-electron chi connectivity index (χ0n) is 12.1. The van der Waals surface area contributed by atoms with Crippen molar-refractivity contribution < 1.29 is 14.0 Å². The van der Waals surface area contributed by atoms with Crippen LogP contribution in [0.3, 0.4) is 0 Å². The van der Waals surface area contributed by atoms with Crippen molar-refractivity contribution in [3.63, 3.8) is 0 Å². The Hall–Kier alpha value is -1.95. The third-order valence-corrected chi connectivity index (χ3v) is 2.76. The summed E-state index contributed by atoms with van der Waals surface area (Å²) in [5, 5.41) is 4.96. The number of nitrogens with one attached hydrogen (secondary N) is 2. The lowest BCUT2D eigenvalue weighted by molar-refractivity contribution is -0.119. The topological polar surface area (TPSA) is 84.2 Å². The van der Waals surface area contributed by atoms with Crippen LogP contribution in [0, 0.1) is 11.2 Å². The molecule has 0 spiro atoms. The molecule has 4 N–H and O–H groups in total. The maximum Gasteiger partial charge on any atom is 0.241 e. The molecule has 0 saturated heterocycles. The molecule has 1 aromatic carbocycles. The largest absolute Gasteiger partial charge is 0.326 e. The van der Waals surface area contributed by atoms with Gasteiger partial charge in [-0.1, -0.05) is 20.8 Å². The average molecular weight is 281 g/mol. The summed E-state index contributed by atoms with van der Waals surface area (Å²) in [7, 11) is 0. The second kappa shape index (κ2) is 6.00. The number of amides is 2. The molecule has 1 unspecified atom stereocenters. The van der Waals surface area contributed by atoms with Gasteiger partial charge in [0.25, 0.3) is 0 Å². The van der Waals surface area contributed by atoms with Gasteiger partial charge >= 0.3 is 0 Å². The lowest BCUT2D eigenvalue weighted by Crippen LogP contribution is -2.45. The highest BCUT2D eigenvalue weighted by Gasteiger charge is 2.27. The second-order valence-electron chi connectivity index (χ2n) is 5.71. The Labute approximate surface area is 117 Å². The van der Waals surface area contributed by atoms with E-state index in [-0.39, 0.29) is 11.6 Å². The molecular weight excluding hydrogens is 261 g/mol. The van der Waals surface area contributed by atoms with Crippen LogP contribution in [0.4, 0.5) is 15.8 Å². The predicted molar refractivity (Wildman–Crippen MR) is 76.8 cm³/mol. The van der Waals surface area contributed by atoms with Crippen molar-refractivity contribution in [2.24, 2.45) is 11.1 Å². The third kappa shape index (κ3) is 4.31. The van der Waals surface area contributed by atoms with Gasteiger partial charge in [-0.2, -0.15) is 0 Å². The summed E-state index contributed by atoms with van der Waals surface area (Å²) in [4.78, 5) is 22.9. The van der Waals surface area contributed by atoms with Gasteiger partial charge < -0.3 is 16.4 Å². The molecule has 20 heavy (non-hydrogen) atoms. The Morgan fingerprint density at radius 3 is 2.35 bits per heavy atom. The number of hydrogen-bond acceptors (Lipinski definition) is 3. The van der Waals surface area contributed by atoms with Gasteiger partial charge in [-0.05, 0) is 23.6 Å². The Morgan fingerprint density at radius 1 is 1.25 bits per heavy atom. The molecule has 0 aromatic heterocycles. The molecule has 0 fully saturated rings. The molecule has 0 saturated carbocycles. The maximum atomic E-state index is 13.7. The summed E-state index contributed by atoms with van der Waals surface area (Å²) < 4.78 is 13.7. The zero-order chi connectivity index (χ0) is 15.5. The lowest BCUT2D eigenvalue weighted by Gasteiger charge is -2.26. The number of halogens is 1. The van der Waals surface area contributed by atoms with E-state index in [1.807, 2.05) is 20.8 Å². The highest BCUT2D eigenvalue weighted by atomic mass is 19.1. The van der Waals surface area contributed by atoms with Crippen LogP contribution in [0.25, 0.3) is 0 Å². The third-order valence-electron chi connectivity index (χ3n) is 2.76. The second-order valence-corrected chi connectivity index (χ2v) is 5.71. The fourth-order valence-corrected chi connectivity index (χ4v) is 1.51. The van der Waals surface area contributed by atoms with Gasteiger partial charge in [-0.25, -0.2) is 4.39 Å². The molecule has 0 aliphatic rings. The Balaban J connectivity index is 2.91. The quantitative estimate of drug-likeness (QED) is 0.793. The van der Waals surface area contributed by atoms with E-state index in [1.54, 1.807) is 0 Å². The van der Waals surface area contributed by atoms with Gasteiger partial charge in [0.2, 0.25) is 11.8 Å². The summed E-state index contributed by atoms with van der Waals surface area (Å²) in [6, 6.07) is 3.16. The maximum absolute atomic E-state index is 13.7. The minimum atomic E-state index is -0.772. The van der Waals surface area contributed by atoms with E-state index in [0.29, 0.717) is 5.69 Å². The molecule has 0 heterocycles. The first-order chi connectivity index (χ1) is 9.11. The van der Waals surface area contributed by atoms with E-state index >= 15 is 0 Å². The number of anilines is 2. The van der Waals surface area contributed by atoms with Crippen molar-refractivity contribution in [3.05, 3.63) is 24.0 Å². The fraction of sp³-hybridized carbons (Fsp3) is 0.429. The van der Waals surface area contributed by atoms with Crippen LogP contribution in [-0.4, -0.2) is 17.9 Å². The SMILES string of the molecule is CC(=O)Nc1ccc(F)c(NC(=O)C(N)C(C)(C)C)c1. The first-order valence-electron chi connectivity index (χ1n) is 6.25. The highest BCUT2D eigenvalue weighted by Crippen LogP contribution is 2.22. The van der Waals surface area contributed by atoms with E-state index in [0.717, 1.165) is 0 Å². The summed E-state index contributed by atoms with van der Waals surface area (Å²) in [6.07, 6.45) is 0. The van der Waals surface area contributed by atoms with Crippen LogP contribution in [-0.2, 0) is 9.59 Å². The van der Waals surface area contributed by atoms with Crippen LogP contribution < -0.4 is 16.4 Å². The minimum absolute atomic E-state index is 0.0130. The fourth-order valence-electron chi connectivity index (χ4n) is 1.51. The van der Waals surface area contributed by atoms with E-state index in [2.05, 4.69) is 10.6 Å². The Kier molecular flexibility index (Phi) is 4.83. The van der Waals surface area contributed by atoms with Gasteiger partial charge in [0.1, 0.15) is 5.82 Å². The van der Waals surface area contributed by atoms with Crippen LogP contribution in [0.1, 0.15) is 27.7 Å². The van der Waals surface area contributed by atoms with Gasteiger partial charge in [0.15, 0.2) is 0 Å². The Morgan fingerprint density at radius 2 is 1.85 bits per heavy atom. The van der Waals surface area contributed by atoms with Crippen molar-refractivity contribution in [1.29, 1.82) is 0 Å². The number of benzene rings is 1. The number of carbonyl (C=O) groups is 2. The zero-order valence-corrected chi connectivity index (χ0v) is 12.1. The van der Waals surface area contributed by atoms with Crippen LogP contribution in [0.2, 0.25) is 0 Å². The van der Waals surface area contributed by atoms with Gasteiger partial charge in [0, 0.05) is 12.6 Å². The summed E-state index contributed by atoms with van der Waals surface area (Å²) in [6.45, 7) is 6.81. The van der Waals surface area contributed by atoms with E-state index in [4.69, 9.17) is 5.73 Å². The molecule has 0 aliphatic carbocycles. The molecule has 110 valence electrons. The molecule has 1 atom stereocenters. The van der Waals surface area contributed by atoms with Crippen LogP contribution in [0.15, 0.2) is 18.2 Å². The van der Waals surface area contributed by atoms with E-state index in [1.165, 1.54) is 25.1 Å². The van der Waals surface area contributed by atoms with Crippen molar-refractivity contribution in [1.82, 2.24) is 0 Å². The van der Waals surface area contributed by atoms with Crippen molar-refractivity contribution >= 4 is 23.2 Å². The molecule has 6 heteroatoms. The first kappa shape index (κ1) is 16.1. The van der Waals surface area contributed by atoms with Crippen molar-refractivity contribution in [2.45, 2.75) is 33.7 Å². The van der Waals surface area contributed by atoms with Crippen molar-refractivity contribution in [2.75, 3.05) is 10.6 Å². The molecule has 0 bridgehead atoms. The molecule has 2 amide bonds. The minimum Gasteiger partial charge on any atom is -0.326 e. The normalized spacial score (nSPS) is 12.7. The van der Waals surface area contributed by atoms with Crippen LogP contribution >= 0.6 is 0 Å². The molecule has 1 aromatic rings. The Bertz CT molecular complexity index is 524. The summed E-state index contributed by atoms with van der Waals surface area (Å²) >= 11 is 0. The van der Waals surface area contributed by atoms with E-state index < -0.39 is 23.2 Å². The number of rotatable bonds is 3. The highest BCUT2D eigenvalue weighted by molar-refractivity contribution is 5.96. The van der Waals surface area contributed by atoms with Gasteiger partial charge in [0.05, 0.1) is 11.7 Å². The van der Waals surface area contributed by atoms with E-state index in [9.17, 15) is 14.0 Å². The molecule has 0 radical (unpaired) electrons. The smallest absolute Gasteiger partial charge is 0.241 e. The monoisotopic (exact) mass is 281 g/mol. The standard InChI is InChI=1S/C14H20FN3O2/c1-8(19)17-9-5-6-10(15)11(7-9)18-13(20)12(16)14(2,3)4/h5-7,12H,16H2,1-4H3,(H,17,19)(H,18,20). The average Bonchev–Trinajstić information content (AvgIpc) is 2.30. The van der Waals surface area contributed by atoms with Gasteiger partial charge in [-0.15, -0.1) is 0 Å². The molecular formula is C14H20FN3O2. The lowest BCUT2D eigenvalue weighted by atomic mass is 9.87. The first-order valence-corrected chi connectivity index (χ1v) is 6.25. The van der Waals surface area contributed by atoms with Gasteiger partial charge in [-0.3, -0.25) is 9.59 Å². The number of nitrogens with two attached hydrogens (primary N) is 1. The predicted octanol–water partition coefficient (Wildman–Crippen LogP) is 2.10. The van der Waals surface area contributed by atoms with Crippen molar-refractivity contribution in [3.8, 4) is 0 Å². The van der Waals surface area contributed by atoms with Crippen LogP contribution in [0.5, 0.6) is 0 Å². The summed E-state index contributed by atoms with van der Waals surface area (Å²) in [5.41, 5.74) is 5.76. The number of carbonyl (C=O) groups excluding carboxylic acids is 2.